The molecule has 0 N–H and O–H groups in total. The van der Waals surface area contributed by atoms with Gasteiger partial charge in [-0.05, 0) is 67.4 Å². The third kappa shape index (κ3) is 5.32. The summed E-state index contributed by atoms with van der Waals surface area (Å²) in [6.07, 6.45) is 1.92. The Balaban J connectivity index is 0.929. The fourth-order valence-corrected chi connectivity index (χ4v) is 9.61. The zero-order valence-electron chi connectivity index (χ0n) is 29.8. The largest absolute Gasteiger partial charge is 0.252 e. The van der Waals surface area contributed by atoms with Crippen LogP contribution in [-0.2, 0) is 0 Å². The Morgan fingerprint density at radius 3 is 1.40 bits per heavy atom. The van der Waals surface area contributed by atoms with E-state index >= 15 is 0 Å². The number of aromatic nitrogens is 2. The van der Waals surface area contributed by atoms with Gasteiger partial charge in [0.1, 0.15) is 0 Å². The lowest BCUT2D eigenvalue weighted by Gasteiger charge is -2.11. The van der Waals surface area contributed by atoms with E-state index in [1.807, 2.05) is 17.5 Å². The van der Waals surface area contributed by atoms with Crippen molar-refractivity contribution in [2.24, 2.45) is 0 Å². The van der Waals surface area contributed by atoms with E-state index in [-0.39, 0.29) is 0 Å². The lowest BCUT2D eigenvalue weighted by atomic mass is 9.95. The molecular weight excluding hydrogens is 685 g/mol. The van der Waals surface area contributed by atoms with Gasteiger partial charge in [0.2, 0.25) is 0 Å². The van der Waals surface area contributed by atoms with Gasteiger partial charge in [0.25, 0.3) is 0 Å². The molecule has 11 rings (SSSR count). The van der Waals surface area contributed by atoms with Gasteiger partial charge in [0, 0.05) is 36.5 Å². The zero-order valence-corrected chi connectivity index (χ0v) is 30.6. The SMILES string of the molecule is c1ccc(-c2cccc3c2sc2c(-c4cccc(-c5ccc(-c6cccc(-c7cnc8c9ccccc9c9ccccc9c8n7)c6)cc5)c4)cccc23)cc1. The predicted octanol–water partition coefficient (Wildman–Crippen LogP) is 14.6. The van der Waals surface area contributed by atoms with E-state index in [1.165, 1.54) is 64.3 Å². The lowest BCUT2D eigenvalue weighted by molar-refractivity contribution is 1.31. The highest BCUT2D eigenvalue weighted by atomic mass is 32.1. The topological polar surface area (TPSA) is 25.8 Å². The molecule has 3 heteroatoms. The number of rotatable bonds is 5. The fourth-order valence-electron chi connectivity index (χ4n) is 8.23. The van der Waals surface area contributed by atoms with Crippen LogP contribution < -0.4 is 0 Å². The molecule has 2 nitrogen and oxygen atoms in total. The third-order valence-electron chi connectivity index (χ3n) is 10.9. The molecule has 0 radical (unpaired) electrons. The van der Waals surface area contributed by atoms with Crippen molar-refractivity contribution in [3.63, 3.8) is 0 Å². The minimum absolute atomic E-state index is 0.869. The van der Waals surface area contributed by atoms with Crippen LogP contribution in [0.5, 0.6) is 0 Å². The van der Waals surface area contributed by atoms with Crippen molar-refractivity contribution in [2.75, 3.05) is 0 Å². The Kier molecular flexibility index (Phi) is 7.39. The molecule has 0 saturated heterocycles. The molecule has 0 spiro atoms. The molecule has 256 valence electrons. The van der Waals surface area contributed by atoms with Gasteiger partial charge in [0.05, 0.1) is 22.9 Å². The van der Waals surface area contributed by atoms with Gasteiger partial charge in [0.15, 0.2) is 0 Å². The number of hydrogen-bond acceptors (Lipinski definition) is 3. The fraction of sp³-hybridized carbons (Fsp3) is 0. The first kappa shape index (κ1) is 31.6. The van der Waals surface area contributed by atoms with Crippen LogP contribution in [0, 0.1) is 0 Å². The van der Waals surface area contributed by atoms with Gasteiger partial charge in [-0.2, -0.15) is 0 Å². The number of hydrogen-bond donors (Lipinski definition) is 0. The lowest BCUT2D eigenvalue weighted by Crippen LogP contribution is -1.92. The molecule has 2 aromatic heterocycles. The third-order valence-corrected chi connectivity index (χ3v) is 12.2. The van der Waals surface area contributed by atoms with Crippen molar-refractivity contribution < 1.29 is 0 Å². The Labute approximate surface area is 322 Å². The highest BCUT2D eigenvalue weighted by Gasteiger charge is 2.15. The first-order chi connectivity index (χ1) is 27.3. The molecule has 55 heavy (non-hydrogen) atoms. The number of thiophene rings is 1. The summed E-state index contributed by atoms with van der Waals surface area (Å²) >= 11 is 1.90. The summed E-state index contributed by atoms with van der Waals surface area (Å²) in [7, 11) is 0. The van der Waals surface area contributed by atoms with Gasteiger partial charge < -0.3 is 0 Å². The summed E-state index contributed by atoms with van der Waals surface area (Å²) in [5.74, 6) is 0. The van der Waals surface area contributed by atoms with E-state index in [0.29, 0.717) is 0 Å². The van der Waals surface area contributed by atoms with Crippen LogP contribution in [0.25, 0.3) is 109 Å². The van der Waals surface area contributed by atoms with Crippen molar-refractivity contribution in [3.8, 4) is 55.8 Å². The molecule has 2 heterocycles. The zero-order chi connectivity index (χ0) is 36.3. The van der Waals surface area contributed by atoms with Gasteiger partial charge in [-0.3, -0.25) is 4.98 Å². The van der Waals surface area contributed by atoms with Gasteiger partial charge in [-0.1, -0.05) is 176 Å². The minimum atomic E-state index is 0.869. The average Bonchev–Trinajstić information content (AvgIpc) is 3.66. The maximum absolute atomic E-state index is 5.23. The molecule has 0 saturated carbocycles. The maximum Gasteiger partial charge on any atom is 0.0979 e. The highest BCUT2D eigenvalue weighted by molar-refractivity contribution is 7.26. The first-order valence-corrected chi connectivity index (χ1v) is 19.5. The molecule has 0 unspecified atom stereocenters. The summed E-state index contributed by atoms with van der Waals surface area (Å²) in [6, 6.07) is 67.7. The summed E-state index contributed by atoms with van der Waals surface area (Å²) in [6.45, 7) is 0. The van der Waals surface area contributed by atoms with Crippen molar-refractivity contribution in [2.45, 2.75) is 0 Å². The highest BCUT2D eigenvalue weighted by Crippen LogP contribution is 2.44. The van der Waals surface area contributed by atoms with Crippen LogP contribution in [0.3, 0.4) is 0 Å². The maximum atomic E-state index is 5.23. The van der Waals surface area contributed by atoms with E-state index in [0.717, 1.165) is 44.2 Å². The molecule has 0 fully saturated rings. The molecule has 0 bridgehead atoms. The number of fused-ring (bicyclic) bond motifs is 9. The van der Waals surface area contributed by atoms with Crippen molar-refractivity contribution in [1.82, 2.24) is 9.97 Å². The molecule has 0 aliphatic carbocycles. The van der Waals surface area contributed by atoms with Crippen molar-refractivity contribution in [3.05, 3.63) is 194 Å². The van der Waals surface area contributed by atoms with Crippen LogP contribution >= 0.6 is 11.3 Å². The second-order valence-electron chi connectivity index (χ2n) is 14.1. The molecule has 0 aliphatic heterocycles. The summed E-state index contributed by atoms with van der Waals surface area (Å²) in [5, 5.41) is 7.28. The Bertz CT molecular complexity index is 3220. The molecule has 11 aromatic rings. The van der Waals surface area contributed by atoms with Gasteiger partial charge >= 0.3 is 0 Å². The predicted molar refractivity (Wildman–Crippen MR) is 235 cm³/mol. The second-order valence-corrected chi connectivity index (χ2v) is 15.1. The summed E-state index contributed by atoms with van der Waals surface area (Å²) in [4.78, 5) is 10.2. The quantitative estimate of drug-likeness (QED) is 0.166. The first-order valence-electron chi connectivity index (χ1n) is 18.6. The van der Waals surface area contributed by atoms with Crippen LogP contribution in [0.2, 0.25) is 0 Å². The van der Waals surface area contributed by atoms with E-state index < -0.39 is 0 Å². The van der Waals surface area contributed by atoms with Crippen LogP contribution in [0.1, 0.15) is 0 Å². The Morgan fingerprint density at radius 1 is 0.309 bits per heavy atom. The molecule has 0 amide bonds. The number of benzene rings is 9. The molecule has 0 aliphatic rings. The average molecular weight is 717 g/mol. The summed E-state index contributed by atoms with van der Waals surface area (Å²) < 4.78 is 2.66. The Hall–Kier alpha value is -6.94. The Morgan fingerprint density at radius 2 is 0.764 bits per heavy atom. The summed E-state index contributed by atoms with van der Waals surface area (Å²) in [5.41, 5.74) is 13.5. The molecule has 9 aromatic carbocycles. The van der Waals surface area contributed by atoms with Gasteiger partial charge in [-0.15, -0.1) is 11.3 Å². The number of nitrogens with zero attached hydrogens (tertiary/aromatic N) is 2. The van der Waals surface area contributed by atoms with Crippen LogP contribution in [0.15, 0.2) is 194 Å². The van der Waals surface area contributed by atoms with E-state index in [4.69, 9.17) is 9.97 Å². The molecule has 0 atom stereocenters. The van der Waals surface area contributed by atoms with E-state index in [1.54, 1.807) is 0 Å². The normalized spacial score (nSPS) is 11.6. The monoisotopic (exact) mass is 716 g/mol. The van der Waals surface area contributed by atoms with Crippen molar-refractivity contribution >= 4 is 64.1 Å². The van der Waals surface area contributed by atoms with E-state index in [2.05, 4.69) is 188 Å². The standard InChI is InChI=1S/C52H32N2S/c1-2-12-35(13-3-1)40-22-10-24-46-47-25-11-23-41(52(47)55-51(40)46)38-16-8-14-36(30-38)33-26-28-34(29-27-33)37-15-9-17-39(31-37)48-32-53-49-44-20-6-4-18-42(44)43-19-5-7-21-45(43)50(49)54-48/h1-32H. The molecular formula is C52H32N2S. The van der Waals surface area contributed by atoms with Crippen LogP contribution in [-0.4, -0.2) is 9.97 Å². The minimum Gasteiger partial charge on any atom is -0.252 e. The van der Waals surface area contributed by atoms with E-state index in [9.17, 15) is 0 Å². The smallest absolute Gasteiger partial charge is 0.0979 e. The van der Waals surface area contributed by atoms with Crippen LogP contribution in [0.4, 0.5) is 0 Å². The van der Waals surface area contributed by atoms with Gasteiger partial charge in [-0.25, -0.2) is 4.98 Å². The second kappa shape index (κ2) is 12.9. The van der Waals surface area contributed by atoms with Crippen molar-refractivity contribution in [1.29, 1.82) is 0 Å².